The van der Waals surface area contributed by atoms with Crippen LogP contribution in [0.15, 0.2) is 0 Å². The molecule has 0 aromatic rings. The molecule has 52 valence electrons. The van der Waals surface area contributed by atoms with Crippen LogP contribution in [0.4, 0.5) is 0 Å². The highest BCUT2D eigenvalue weighted by atomic mass is 16.3. The van der Waals surface area contributed by atoms with E-state index in [1.54, 1.807) is 0 Å². The van der Waals surface area contributed by atoms with Gasteiger partial charge in [0.1, 0.15) is 0 Å². The molecule has 0 heterocycles. The summed E-state index contributed by atoms with van der Waals surface area (Å²) in [5.41, 5.74) is -0.195. The van der Waals surface area contributed by atoms with Crippen LogP contribution in [0.5, 0.6) is 0 Å². The first kappa shape index (κ1) is 5.72. The largest absolute Gasteiger partial charge is 0.390 e. The van der Waals surface area contributed by atoms with Crippen LogP contribution in [0.2, 0.25) is 0 Å². The van der Waals surface area contributed by atoms with Gasteiger partial charge in [0.15, 0.2) is 0 Å². The van der Waals surface area contributed by atoms with Crippen molar-refractivity contribution in [1.29, 1.82) is 0 Å². The summed E-state index contributed by atoms with van der Waals surface area (Å²) in [5.74, 6) is 1.48. The topological polar surface area (TPSA) is 20.2 Å². The van der Waals surface area contributed by atoms with Crippen LogP contribution in [0.3, 0.4) is 0 Å². The second-order valence-corrected chi connectivity index (χ2v) is 3.89. The Morgan fingerprint density at radius 1 is 1.33 bits per heavy atom. The minimum absolute atomic E-state index is 0.195. The van der Waals surface area contributed by atoms with E-state index in [1.165, 1.54) is 12.8 Å². The molecular formula is C8H14O. The van der Waals surface area contributed by atoms with Crippen molar-refractivity contribution < 1.29 is 5.11 Å². The van der Waals surface area contributed by atoms with Gasteiger partial charge in [-0.3, -0.25) is 0 Å². The molecule has 1 heteroatoms. The molecule has 0 bridgehead atoms. The Labute approximate surface area is 56.1 Å². The summed E-state index contributed by atoms with van der Waals surface area (Å²) in [6, 6.07) is 0. The van der Waals surface area contributed by atoms with Gasteiger partial charge in [0.2, 0.25) is 0 Å². The molecule has 0 aromatic carbocycles. The Hall–Kier alpha value is -0.0400. The highest BCUT2D eigenvalue weighted by Crippen LogP contribution is 2.52. The van der Waals surface area contributed by atoms with Crippen molar-refractivity contribution >= 4 is 0 Å². The molecule has 2 fully saturated rings. The van der Waals surface area contributed by atoms with Gasteiger partial charge in [-0.15, -0.1) is 0 Å². The predicted octanol–water partition coefficient (Wildman–Crippen LogP) is 1.56. The van der Waals surface area contributed by atoms with Crippen molar-refractivity contribution in [3.05, 3.63) is 0 Å². The summed E-state index contributed by atoms with van der Waals surface area (Å²) in [7, 11) is 0. The van der Waals surface area contributed by atoms with Crippen LogP contribution in [-0.2, 0) is 0 Å². The van der Waals surface area contributed by atoms with Gasteiger partial charge in [0, 0.05) is 0 Å². The van der Waals surface area contributed by atoms with Gasteiger partial charge in [0.05, 0.1) is 5.60 Å². The molecule has 0 aliphatic heterocycles. The SMILES string of the molecule is CC1CC(O)(C2CC2)C1. The van der Waals surface area contributed by atoms with Gasteiger partial charge in [-0.2, -0.15) is 0 Å². The van der Waals surface area contributed by atoms with Crippen molar-refractivity contribution in [3.63, 3.8) is 0 Å². The van der Waals surface area contributed by atoms with Crippen LogP contribution in [0.25, 0.3) is 0 Å². The molecule has 2 aliphatic rings. The quantitative estimate of drug-likeness (QED) is 0.565. The standard InChI is InChI=1S/C8H14O/c1-6-4-8(9,5-6)7-2-3-7/h6-7,9H,2-5H2,1H3. The Bertz CT molecular complexity index is 121. The molecule has 0 saturated heterocycles. The lowest BCUT2D eigenvalue weighted by Gasteiger charge is -2.42. The van der Waals surface area contributed by atoms with Gasteiger partial charge in [-0.1, -0.05) is 6.92 Å². The van der Waals surface area contributed by atoms with Crippen LogP contribution in [0.1, 0.15) is 32.6 Å². The molecule has 0 spiro atoms. The summed E-state index contributed by atoms with van der Waals surface area (Å²) < 4.78 is 0. The second kappa shape index (κ2) is 1.51. The summed E-state index contributed by atoms with van der Waals surface area (Å²) in [6.07, 6.45) is 4.70. The van der Waals surface area contributed by atoms with E-state index in [2.05, 4.69) is 6.92 Å². The third-order valence-electron chi connectivity index (χ3n) is 2.74. The highest BCUT2D eigenvalue weighted by molar-refractivity contribution is 5.02. The first-order chi connectivity index (χ1) is 4.21. The van der Waals surface area contributed by atoms with Crippen LogP contribution in [0, 0.1) is 11.8 Å². The van der Waals surface area contributed by atoms with Gasteiger partial charge in [-0.05, 0) is 37.5 Å². The maximum atomic E-state index is 9.72. The number of aliphatic hydroxyl groups is 1. The smallest absolute Gasteiger partial charge is 0.0680 e. The Kier molecular flexibility index (Phi) is 0.963. The lowest BCUT2D eigenvalue weighted by atomic mass is 9.69. The van der Waals surface area contributed by atoms with E-state index in [-0.39, 0.29) is 5.60 Å². The first-order valence-electron chi connectivity index (χ1n) is 3.93. The molecule has 2 rings (SSSR count). The molecule has 0 amide bonds. The minimum atomic E-state index is -0.195. The average Bonchev–Trinajstić information content (AvgIpc) is 2.39. The molecule has 0 unspecified atom stereocenters. The van der Waals surface area contributed by atoms with E-state index in [0.29, 0.717) is 5.92 Å². The third kappa shape index (κ3) is 0.787. The van der Waals surface area contributed by atoms with Gasteiger partial charge >= 0.3 is 0 Å². The molecule has 1 N–H and O–H groups in total. The molecule has 2 saturated carbocycles. The van der Waals surface area contributed by atoms with Crippen molar-refractivity contribution in [2.24, 2.45) is 11.8 Å². The number of hydrogen-bond acceptors (Lipinski definition) is 1. The molecule has 9 heavy (non-hydrogen) atoms. The van der Waals surface area contributed by atoms with Crippen LogP contribution in [-0.4, -0.2) is 10.7 Å². The lowest BCUT2D eigenvalue weighted by molar-refractivity contribution is -0.0854. The maximum Gasteiger partial charge on any atom is 0.0680 e. The maximum absolute atomic E-state index is 9.72. The fourth-order valence-corrected chi connectivity index (χ4v) is 2.10. The van der Waals surface area contributed by atoms with Crippen molar-refractivity contribution in [2.45, 2.75) is 38.2 Å². The lowest BCUT2D eigenvalue weighted by Crippen LogP contribution is -2.44. The van der Waals surface area contributed by atoms with Crippen LogP contribution >= 0.6 is 0 Å². The summed E-state index contributed by atoms with van der Waals surface area (Å²) >= 11 is 0. The van der Waals surface area contributed by atoms with E-state index in [0.717, 1.165) is 18.8 Å². The van der Waals surface area contributed by atoms with E-state index >= 15 is 0 Å². The van der Waals surface area contributed by atoms with E-state index < -0.39 is 0 Å². The number of hydrogen-bond donors (Lipinski definition) is 1. The molecule has 0 atom stereocenters. The average molecular weight is 126 g/mol. The van der Waals surface area contributed by atoms with Crippen molar-refractivity contribution in [3.8, 4) is 0 Å². The predicted molar refractivity (Wildman–Crippen MR) is 36.1 cm³/mol. The van der Waals surface area contributed by atoms with Crippen LogP contribution < -0.4 is 0 Å². The fourth-order valence-electron chi connectivity index (χ4n) is 2.10. The van der Waals surface area contributed by atoms with E-state index in [1.807, 2.05) is 0 Å². The highest BCUT2D eigenvalue weighted by Gasteiger charge is 2.50. The normalized spacial score (nSPS) is 50.7. The minimum Gasteiger partial charge on any atom is -0.390 e. The van der Waals surface area contributed by atoms with Gasteiger partial charge in [-0.25, -0.2) is 0 Å². The third-order valence-corrected chi connectivity index (χ3v) is 2.74. The molecular weight excluding hydrogens is 112 g/mol. The zero-order chi connectivity index (χ0) is 6.48. The molecule has 0 radical (unpaired) electrons. The summed E-state index contributed by atoms with van der Waals surface area (Å²) in [5, 5.41) is 9.72. The number of rotatable bonds is 1. The summed E-state index contributed by atoms with van der Waals surface area (Å²) in [6.45, 7) is 2.22. The first-order valence-corrected chi connectivity index (χ1v) is 3.93. The molecule has 0 aromatic heterocycles. The zero-order valence-corrected chi connectivity index (χ0v) is 5.93. The Balaban J connectivity index is 1.94. The van der Waals surface area contributed by atoms with E-state index in [4.69, 9.17) is 0 Å². The van der Waals surface area contributed by atoms with Crippen molar-refractivity contribution in [1.82, 2.24) is 0 Å². The zero-order valence-electron chi connectivity index (χ0n) is 5.93. The Morgan fingerprint density at radius 3 is 2.22 bits per heavy atom. The molecule has 1 nitrogen and oxygen atoms in total. The van der Waals surface area contributed by atoms with Crippen molar-refractivity contribution in [2.75, 3.05) is 0 Å². The fraction of sp³-hybridized carbons (Fsp3) is 1.00. The summed E-state index contributed by atoms with van der Waals surface area (Å²) in [4.78, 5) is 0. The monoisotopic (exact) mass is 126 g/mol. The van der Waals surface area contributed by atoms with Gasteiger partial charge < -0.3 is 5.11 Å². The Morgan fingerprint density at radius 2 is 1.89 bits per heavy atom. The van der Waals surface area contributed by atoms with E-state index in [9.17, 15) is 5.11 Å². The second-order valence-electron chi connectivity index (χ2n) is 3.89. The van der Waals surface area contributed by atoms with Gasteiger partial charge in [0.25, 0.3) is 0 Å². The molecule has 2 aliphatic carbocycles.